The molecular formula is C18H15BrN4OS. The number of benzene rings is 2. The highest BCUT2D eigenvalue weighted by molar-refractivity contribution is 9.10. The number of hydrogen-bond donors (Lipinski definition) is 0. The van der Waals surface area contributed by atoms with Crippen molar-refractivity contribution in [3.05, 3.63) is 52.0 Å². The number of aryl methyl sites for hydroxylation is 2. The molecule has 0 fully saturated rings. The van der Waals surface area contributed by atoms with E-state index in [4.69, 9.17) is 9.84 Å². The Bertz CT molecular complexity index is 1070. The average Bonchev–Trinajstić information content (AvgIpc) is 3.15. The van der Waals surface area contributed by atoms with Gasteiger partial charge in [0.25, 0.3) is 0 Å². The topological polar surface area (TPSA) is 52.3 Å². The molecule has 0 bridgehead atoms. The van der Waals surface area contributed by atoms with Gasteiger partial charge in [0, 0.05) is 15.6 Å². The quantitative estimate of drug-likeness (QED) is 0.477. The number of methoxy groups -OCH3 is 1. The van der Waals surface area contributed by atoms with Crippen LogP contribution in [0.2, 0.25) is 0 Å². The van der Waals surface area contributed by atoms with Crippen molar-refractivity contribution in [3.63, 3.8) is 0 Å². The molecule has 4 aromatic rings. The second-order valence-electron chi connectivity index (χ2n) is 5.85. The van der Waals surface area contributed by atoms with E-state index in [0.717, 1.165) is 31.3 Å². The number of halogens is 1. The fourth-order valence-corrected chi connectivity index (χ4v) is 4.05. The summed E-state index contributed by atoms with van der Waals surface area (Å²) in [5.41, 5.74) is 4.43. The monoisotopic (exact) mass is 414 g/mol. The van der Waals surface area contributed by atoms with E-state index in [2.05, 4.69) is 58.2 Å². The molecule has 2 aromatic carbocycles. The molecule has 0 aliphatic heterocycles. The molecule has 0 atom stereocenters. The number of fused-ring (bicyclic) bond motifs is 1. The van der Waals surface area contributed by atoms with Crippen LogP contribution in [0.4, 0.5) is 0 Å². The van der Waals surface area contributed by atoms with E-state index in [9.17, 15) is 0 Å². The van der Waals surface area contributed by atoms with Gasteiger partial charge in [-0.3, -0.25) is 0 Å². The standard InChI is InChI=1S/C18H15BrN4OS/c1-10-6-11(2)8-12(7-10)17-22-23-16(20-21-18(23)25-17)14-9-13(24-3)4-5-15(14)19/h4-9H,1-3H3. The van der Waals surface area contributed by atoms with E-state index in [1.165, 1.54) is 22.5 Å². The van der Waals surface area contributed by atoms with Gasteiger partial charge < -0.3 is 4.74 Å². The van der Waals surface area contributed by atoms with Crippen LogP contribution in [0, 0.1) is 13.8 Å². The van der Waals surface area contributed by atoms with E-state index in [1.807, 2.05) is 18.2 Å². The van der Waals surface area contributed by atoms with Crippen LogP contribution in [0.1, 0.15) is 11.1 Å². The largest absolute Gasteiger partial charge is 0.497 e. The summed E-state index contributed by atoms with van der Waals surface area (Å²) < 4.78 is 8.03. The minimum Gasteiger partial charge on any atom is -0.497 e. The molecule has 0 amide bonds. The van der Waals surface area contributed by atoms with Crippen molar-refractivity contribution in [1.29, 1.82) is 0 Å². The van der Waals surface area contributed by atoms with Gasteiger partial charge >= 0.3 is 0 Å². The Kier molecular flexibility index (Phi) is 4.05. The Morgan fingerprint density at radius 3 is 2.52 bits per heavy atom. The van der Waals surface area contributed by atoms with Gasteiger partial charge in [0.1, 0.15) is 10.8 Å². The molecule has 5 nitrogen and oxygen atoms in total. The fraction of sp³-hybridized carbons (Fsp3) is 0.167. The molecule has 0 spiro atoms. The van der Waals surface area contributed by atoms with Crippen molar-refractivity contribution in [3.8, 4) is 27.7 Å². The highest BCUT2D eigenvalue weighted by Gasteiger charge is 2.17. The third-order valence-corrected chi connectivity index (χ3v) is 5.51. The molecule has 0 saturated carbocycles. The lowest BCUT2D eigenvalue weighted by molar-refractivity contribution is 0.415. The zero-order valence-electron chi connectivity index (χ0n) is 13.9. The van der Waals surface area contributed by atoms with Crippen LogP contribution in [-0.2, 0) is 0 Å². The van der Waals surface area contributed by atoms with Gasteiger partial charge in [-0.2, -0.15) is 9.61 Å². The number of hydrogen-bond acceptors (Lipinski definition) is 5. The highest BCUT2D eigenvalue weighted by Crippen LogP contribution is 2.33. The summed E-state index contributed by atoms with van der Waals surface area (Å²) in [7, 11) is 1.65. The van der Waals surface area contributed by atoms with Gasteiger partial charge in [-0.05, 0) is 44.2 Å². The summed E-state index contributed by atoms with van der Waals surface area (Å²) in [6.07, 6.45) is 0. The van der Waals surface area contributed by atoms with Gasteiger partial charge in [0.2, 0.25) is 4.96 Å². The number of nitrogens with zero attached hydrogens (tertiary/aromatic N) is 4. The van der Waals surface area contributed by atoms with Crippen molar-refractivity contribution in [2.45, 2.75) is 13.8 Å². The fourth-order valence-electron chi connectivity index (χ4n) is 2.80. The van der Waals surface area contributed by atoms with Crippen LogP contribution in [0.25, 0.3) is 26.9 Å². The van der Waals surface area contributed by atoms with Crippen molar-refractivity contribution < 1.29 is 4.74 Å². The Balaban J connectivity index is 1.87. The minimum atomic E-state index is 0.688. The van der Waals surface area contributed by atoms with Gasteiger partial charge in [-0.25, -0.2) is 0 Å². The Morgan fingerprint density at radius 2 is 1.80 bits per heavy atom. The van der Waals surface area contributed by atoms with Crippen LogP contribution in [0.3, 0.4) is 0 Å². The van der Waals surface area contributed by atoms with Crippen molar-refractivity contribution in [2.75, 3.05) is 7.11 Å². The highest BCUT2D eigenvalue weighted by atomic mass is 79.9. The predicted octanol–water partition coefficient (Wildman–Crippen LogP) is 4.91. The first-order valence-electron chi connectivity index (χ1n) is 7.70. The maximum absolute atomic E-state index is 5.32. The molecule has 0 aliphatic carbocycles. The van der Waals surface area contributed by atoms with Gasteiger partial charge in [-0.1, -0.05) is 44.5 Å². The lowest BCUT2D eigenvalue weighted by Crippen LogP contribution is -1.93. The Morgan fingerprint density at radius 1 is 1.04 bits per heavy atom. The smallest absolute Gasteiger partial charge is 0.235 e. The second kappa shape index (κ2) is 6.24. The molecule has 0 radical (unpaired) electrons. The van der Waals surface area contributed by atoms with E-state index in [-0.39, 0.29) is 0 Å². The van der Waals surface area contributed by atoms with Crippen LogP contribution in [0.5, 0.6) is 5.75 Å². The third-order valence-electron chi connectivity index (χ3n) is 3.87. The summed E-state index contributed by atoms with van der Waals surface area (Å²) >= 11 is 5.11. The van der Waals surface area contributed by atoms with E-state index >= 15 is 0 Å². The van der Waals surface area contributed by atoms with Crippen molar-refractivity contribution >= 4 is 32.2 Å². The minimum absolute atomic E-state index is 0.688. The molecule has 126 valence electrons. The van der Waals surface area contributed by atoms with Gasteiger partial charge in [0.05, 0.1) is 7.11 Å². The van der Waals surface area contributed by atoms with Crippen LogP contribution in [0.15, 0.2) is 40.9 Å². The lowest BCUT2D eigenvalue weighted by Gasteiger charge is -2.05. The van der Waals surface area contributed by atoms with Crippen molar-refractivity contribution in [2.24, 2.45) is 0 Å². The maximum atomic E-state index is 5.32. The van der Waals surface area contributed by atoms with Gasteiger partial charge in [0.15, 0.2) is 5.82 Å². The average molecular weight is 415 g/mol. The molecule has 4 rings (SSSR count). The molecule has 0 N–H and O–H groups in total. The SMILES string of the molecule is COc1ccc(Br)c(-c2nnc3sc(-c4cc(C)cc(C)c4)nn23)c1. The predicted molar refractivity (Wildman–Crippen MR) is 103 cm³/mol. The van der Waals surface area contributed by atoms with Crippen LogP contribution < -0.4 is 4.74 Å². The molecule has 25 heavy (non-hydrogen) atoms. The first-order valence-corrected chi connectivity index (χ1v) is 9.31. The van der Waals surface area contributed by atoms with E-state index in [1.54, 1.807) is 11.6 Å². The molecule has 0 unspecified atom stereocenters. The van der Waals surface area contributed by atoms with Crippen LogP contribution in [-0.4, -0.2) is 26.9 Å². The first kappa shape index (κ1) is 16.2. The van der Waals surface area contributed by atoms with E-state index in [0.29, 0.717) is 5.82 Å². The maximum Gasteiger partial charge on any atom is 0.235 e. The summed E-state index contributed by atoms with van der Waals surface area (Å²) in [6.45, 7) is 4.19. The lowest BCUT2D eigenvalue weighted by atomic mass is 10.1. The number of rotatable bonds is 3. The van der Waals surface area contributed by atoms with Crippen LogP contribution >= 0.6 is 27.3 Å². The van der Waals surface area contributed by atoms with E-state index < -0.39 is 0 Å². The summed E-state index contributed by atoms with van der Waals surface area (Å²) in [6, 6.07) is 12.2. The number of aromatic nitrogens is 4. The molecular weight excluding hydrogens is 400 g/mol. The molecule has 2 aromatic heterocycles. The molecule has 0 aliphatic rings. The summed E-state index contributed by atoms with van der Waals surface area (Å²) in [5, 5.41) is 14.3. The normalized spacial score (nSPS) is 11.2. The molecule has 0 saturated heterocycles. The Labute approximate surface area is 157 Å². The van der Waals surface area contributed by atoms with Crippen molar-refractivity contribution in [1.82, 2.24) is 19.8 Å². The molecule has 2 heterocycles. The zero-order chi connectivity index (χ0) is 17.6. The Hall–Kier alpha value is -2.25. The first-order chi connectivity index (χ1) is 12.0. The summed E-state index contributed by atoms with van der Waals surface area (Å²) in [4.78, 5) is 0.763. The zero-order valence-corrected chi connectivity index (χ0v) is 16.3. The molecule has 7 heteroatoms. The number of ether oxygens (including phenoxy) is 1. The van der Waals surface area contributed by atoms with Gasteiger partial charge in [-0.15, -0.1) is 10.2 Å². The third kappa shape index (κ3) is 2.94. The second-order valence-corrected chi connectivity index (χ2v) is 7.66. The summed E-state index contributed by atoms with van der Waals surface area (Å²) in [5.74, 6) is 1.45.